The number of aromatic nitrogens is 2. The van der Waals surface area contributed by atoms with Gasteiger partial charge in [0.1, 0.15) is 18.6 Å². The number of carbonyl (C=O) groups excluding carboxylic acids is 1. The van der Waals surface area contributed by atoms with Crippen LogP contribution >= 0.6 is 35.5 Å². The Labute approximate surface area is 101 Å². The van der Waals surface area contributed by atoms with Crippen LogP contribution in [0.1, 0.15) is 5.82 Å². The maximum atomic E-state index is 10.2. The highest BCUT2D eigenvalue weighted by Gasteiger charge is 2.00. The third-order valence-corrected chi connectivity index (χ3v) is 1.81. The van der Waals surface area contributed by atoms with E-state index < -0.39 is 5.24 Å². The van der Waals surface area contributed by atoms with Gasteiger partial charge in [0.15, 0.2) is 5.13 Å². The van der Waals surface area contributed by atoms with Gasteiger partial charge >= 0.3 is 0 Å². The first-order valence-electron chi connectivity index (χ1n) is 3.61. The van der Waals surface area contributed by atoms with Crippen LogP contribution in [0.5, 0.6) is 0 Å². The van der Waals surface area contributed by atoms with Gasteiger partial charge in [-0.3, -0.25) is 4.79 Å². The molecule has 15 heavy (non-hydrogen) atoms. The SMILES string of the molecule is Cl.Nc1nc(CCON=CC(=O)Cl)ns1. The highest BCUT2D eigenvalue weighted by atomic mass is 35.5. The Morgan fingerprint density at radius 1 is 1.73 bits per heavy atom. The summed E-state index contributed by atoms with van der Waals surface area (Å²) in [5.41, 5.74) is 5.36. The van der Waals surface area contributed by atoms with Crippen LogP contribution in [0.25, 0.3) is 0 Å². The number of carbonyl (C=O) groups is 1. The molecular formula is C6H8Cl2N4O2S. The fourth-order valence-electron chi connectivity index (χ4n) is 0.637. The summed E-state index contributed by atoms with van der Waals surface area (Å²) in [4.78, 5) is 18.8. The summed E-state index contributed by atoms with van der Waals surface area (Å²) in [6, 6.07) is 0. The number of hydrogen-bond donors (Lipinski definition) is 1. The topological polar surface area (TPSA) is 90.5 Å². The lowest BCUT2D eigenvalue weighted by Crippen LogP contribution is -1.97. The van der Waals surface area contributed by atoms with E-state index in [1.165, 1.54) is 0 Å². The van der Waals surface area contributed by atoms with E-state index in [9.17, 15) is 4.79 Å². The molecule has 9 heteroatoms. The van der Waals surface area contributed by atoms with Gasteiger partial charge in [0.25, 0.3) is 5.24 Å². The van der Waals surface area contributed by atoms with Crippen LogP contribution in [0, 0.1) is 0 Å². The van der Waals surface area contributed by atoms with Crippen molar-refractivity contribution < 1.29 is 9.63 Å². The van der Waals surface area contributed by atoms with Crippen molar-refractivity contribution in [1.29, 1.82) is 0 Å². The fraction of sp³-hybridized carbons (Fsp3) is 0.333. The van der Waals surface area contributed by atoms with Crippen LogP contribution in [0.3, 0.4) is 0 Å². The van der Waals surface area contributed by atoms with Crippen molar-refractivity contribution in [3.05, 3.63) is 5.82 Å². The van der Waals surface area contributed by atoms with E-state index >= 15 is 0 Å². The molecule has 6 nitrogen and oxygen atoms in total. The summed E-state index contributed by atoms with van der Waals surface area (Å²) in [5, 5.41) is 3.04. The molecule has 0 radical (unpaired) electrons. The highest BCUT2D eigenvalue weighted by molar-refractivity contribution is 7.09. The van der Waals surface area contributed by atoms with Gasteiger partial charge in [-0.15, -0.1) is 12.4 Å². The second-order valence-corrected chi connectivity index (χ2v) is 3.33. The van der Waals surface area contributed by atoms with E-state index in [1.54, 1.807) is 0 Å². The van der Waals surface area contributed by atoms with Crippen molar-refractivity contribution in [3.8, 4) is 0 Å². The van der Waals surface area contributed by atoms with Gasteiger partial charge in [-0.1, -0.05) is 5.16 Å². The van der Waals surface area contributed by atoms with E-state index in [2.05, 4.69) is 14.5 Å². The molecule has 0 unspecified atom stereocenters. The van der Waals surface area contributed by atoms with Gasteiger partial charge in [0.2, 0.25) is 0 Å². The molecule has 0 aliphatic heterocycles. The number of hydrogen-bond acceptors (Lipinski definition) is 7. The van der Waals surface area contributed by atoms with Crippen molar-refractivity contribution in [2.75, 3.05) is 12.3 Å². The summed E-state index contributed by atoms with van der Waals surface area (Å²) in [5.74, 6) is 0.597. The zero-order valence-corrected chi connectivity index (χ0v) is 9.81. The minimum absolute atomic E-state index is 0. The Morgan fingerprint density at radius 2 is 2.47 bits per heavy atom. The van der Waals surface area contributed by atoms with Crippen LogP contribution in [0.4, 0.5) is 5.13 Å². The number of oxime groups is 1. The first-order valence-corrected chi connectivity index (χ1v) is 4.76. The molecule has 0 fully saturated rings. The van der Waals surface area contributed by atoms with Gasteiger partial charge in [0, 0.05) is 18.0 Å². The molecule has 0 bridgehead atoms. The van der Waals surface area contributed by atoms with Crippen molar-refractivity contribution in [1.82, 2.24) is 9.36 Å². The quantitative estimate of drug-likeness (QED) is 0.371. The summed E-state index contributed by atoms with van der Waals surface area (Å²) >= 11 is 6.09. The predicted octanol–water partition coefficient (Wildman–Crippen LogP) is 0.852. The second-order valence-electron chi connectivity index (χ2n) is 2.17. The van der Waals surface area contributed by atoms with Crippen LogP contribution in [0.15, 0.2) is 5.16 Å². The lowest BCUT2D eigenvalue weighted by molar-refractivity contribution is -0.106. The number of rotatable bonds is 5. The smallest absolute Gasteiger partial charge is 0.266 e. The standard InChI is InChI=1S/C6H7ClN4O2S.ClH/c7-4(12)3-9-13-2-1-5-10-6(8)14-11-5;/h3H,1-2H2,(H2,8,10,11);1H. The van der Waals surface area contributed by atoms with E-state index in [1.807, 2.05) is 0 Å². The molecule has 0 aromatic carbocycles. The third-order valence-electron chi connectivity index (χ3n) is 1.13. The monoisotopic (exact) mass is 270 g/mol. The van der Waals surface area contributed by atoms with E-state index in [4.69, 9.17) is 22.2 Å². The van der Waals surface area contributed by atoms with Gasteiger partial charge < -0.3 is 10.6 Å². The van der Waals surface area contributed by atoms with Gasteiger partial charge in [-0.2, -0.15) is 4.37 Å². The predicted molar refractivity (Wildman–Crippen MR) is 60.6 cm³/mol. The molecule has 1 aromatic heterocycles. The molecular weight excluding hydrogens is 263 g/mol. The normalized spacial score (nSPS) is 9.93. The second kappa shape index (κ2) is 7.38. The molecule has 0 spiro atoms. The molecule has 0 amide bonds. The number of anilines is 1. The van der Waals surface area contributed by atoms with E-state index in [-0.39, 0.29) is 19.0 Å². The molecule has 2 N–H and O–H groups in total. The first-order chi connectivity index (χ1) is 6.68. The number of nitrogens with two attached hydrogens (primary N) is 1. The molecule has 0 saturated carbocycles. The fourth-order valence-corrected chi connectivity index (χ4v) is 1.15. The van der Waals surface area contributed by atoms with Gasteiger partial charge in [-0.25, -0.2) is 4.98 Å². The third kappa shape index (κ3) is 6.21. The maximum Gasteiger partial charge on any atom is 0.266 e. The summed E-state index contributed by atoms with van der Waals surface area (Å²) < 4.78 is 3.93. The maximum absolute atomic E-state index is 10.2. The summed E-state index contributed by atoms with van der Waals surface area (Å²) in [6.45, 7) is 0.275. The highest BCUT2D eigenvalue weighted by Crippen LogP contribution is 2.05. The van der Waals surface area contributed by atoms with E-state index in [0.717, 1.165) is 17.7 Å². The average molecular weight is 271 g/mol. The number of nitrogens with zero attached hydrogens (tertiary/aromatic N) is 3. The Morgan fingerprint density at radius 3 is 3.00 bits per heavy atom. The van der Waals surface area contributed by atoms with Crippen molar-refractivity contribution in [3.63, 3.8) is 0 Å². The molecule has 84 valence electrons. The molecule has 1 aromatic rings. The minimum atomic E-state index is -0.680. The Balaban J connectivity index is 0.00000196. The average Bonchev–Trinajstić information content (AvgIpc) is 2.50. The largest absolute Gasteiger partial charge is 0.395 e. The number of halogens is 2. The minimum Gasteiger partial charge on any atom is -0.395 e. The number of nitrogen functional groups attached to an aromatic ring is 1. The Hall–Kier alpha value is -0.920. The van der Waals surface area contributed by atoms with Crippen LogP contribution in [0.2, 0.25) is 0 Å². The molecule has 1 heterocycles. The Kier molecular flexibility index (Phi) is 6.93. The molecule has 0 aliphatic rings. The van der Waals surface area contributed by atoms with Crippen LogP contribution < -0.4 is 5.73 Å². The molecule has 0 aliphatic carbocycles. The zero-order valence-electron chi connectivity index (χ0n) is 7.42. The lowest BCUT2D eigenvalue weighted by atomic mass is 10.4. The molecule has 0 atom stereocenters. The van der Waals surface area contributed by atoms with Crippen LogP contribution in [-0.2, 0) is 16.1 Å². The lowest BCUT2D eigenvalue weighted by Gasteiger charge is -1.93. The van der Waals surface area contributed by atoms with Crippen molar-refractivity contribution >= 4 is 52.1 Å². The summed E-state index contributed by atoms with van der Waals surface area (Å²) in [7, 11) is 0. The van der Waals surface area contributed by atoms with E-state index in [0.29, 0.717) is 17.4 Å². The van der Waals surface area contributed by atoms with Crippen LogP contribution in [-0.4, -0.2) is 27.4 Å². The molecule has 1 rings (SSSR count). The zero-order chi connectivity index (χ0) is 10.4. The van der Waals surface area contributed by atoms with Crippen molar-refractivity contribution in [2.45, 2.75) is 6.42 Å². The van der Waals surface area contributed by atoms with Gasteiger partial charge in [-0.05, 0) is 11.6 Å². The summed E-state index contributed by atoms with van der Waals surface area (Å²) in [6.07, 6.45) is 1.37. The van der Waals surface area contributed by atoms with Gasteiger partial charge in [0.05, 0.1) is 0 Å². The first kappa shape index (κ1) is 14.1. The van der Waals surface area contributed by atoms with Crippen molar-refractivity contribution in [2.24, 2.45) is 5.16 Å². The Bertz CT molecular complexity index is 344. The molecule has 0 saturated heterocycles.